The van der Waals surface area contributed by atoms with Crippen LogP contribution in [0.15, 0.2) is 0 Å². The number of hydrogen-bond donors (Lipinski definition) is 1. The highest BCUT2D eigenvalue weighted by Crippen LogP contribution is 2.29. The van der Waals surface area contributed by atoms with E-state index in [0.29, 0.717) is 5.92 Å². The topological polar surface area (TPSA) is 38.0 Å². The molecule has 0 bridgehead atoms. The van der Waals surface area contributed by atoms with Gasteiger partial charge < -0.3 is 5.11 Å². The predicted molar refractivity (Wildman–Crippen MR) is 69.0 cm³/mol. The number of aryl methyl sites for hydroxylation is 2. The Morgan fingerprint density at radius 2 is 2.12 bits per heavy atom. The first-order chi connectivity index (χ1) is 8.13. The van der Waals surface area contributed by atoms with E-state index in [1.165, 1.54) is 24.1 Å². The fraction of sp³-hybridized carbons (Fsp3) is 0.786. The van der Waals surface area contributed by atoms with Gasteiger partial charge in [-0.25, -0.2) is 0 Å². The van der Waals surface area contributed by atoms with Gasteiger partial charge in [0.05, 0.1) is 11.8 Å². The third-order valence-electron chi connectivity index (χ3n) is 4.22. The third kappa shape index (κ3) is 2.54. The Kier molecular flexibility index (Phi) is 3.87. The predicted octanol–water partition coefficient (Wildman–Crippen LogP) is 2.61. The molecule has 0 amide bonds. The molecule has 1 aromatic rings. The molecular weight excluding hydrogens is 212 g/mol. The Balaban J connectivity index is 1.99. The molecule has 1 aromatic heterocycles. The third-order valence-corrected chi connectivity index (χ3v) is 4.22. The standard InChI is InChI=1S/C14H24N2O/c1-4-13-10(2)15-16(11(13)3)9-8-12-6-5-7-14(12)17/h12,14,17H,4-9H2,1-3H3. The summed E-state index contributed by atoms with van der Waals surface area (Å²) in [5.41, 5.74) is 3.85. The molecule has 1 heterocycles. The first kappa shape index (κ1) is 12.6. The number of nitrogens with zero attached hydrogens (tertiary/aromatic N) is 2. The molecule has 3 heteroatoms. The molecule has 1 saturated carbocycles. The van der Waals surface area contributed by atoms with Gasteiger partial charge >= 0.3 is 0 Å². The molecule has 2 rings (SSSR count). The molecular formula is C14H24N2O. The summed E-state index contributed by atoms with van der Waals surface area (Å²) in [5.74, 6) is 0.490. The first-order valence-electron chi connectivity index (χ1n) is 6.84. The number of aliphatic hydroxyl groups excluding tert-OH is 1. The van der Waals surface area contributed by atoms with Crippen molar-refractivity contribution in [2.75, 3.05) is 0 Å². The minimum Gasteiger partial charge on any atom is -0.393 e. The second-order valence-electron chi connectivity index (χ2n) is 5.27. The van der Waals surface area contributed by atoms with Crippen LogP contribution in [0.4, 0.5) is 0 Å². The van der Waals surface area contributed by atoms with Crippen LogP contribution in [0.1, 0.15) is 49.6 Å². The van der Waals surface area contributed by atoms with Crippen LogP contribution in [0.3, 0.4) is 0 Å². The normalized spacial score (nSPS) is 24.5. The highest BCUT2D eigenvalue weighted by atomic mass is 16.3. The minimum atomic E-state index is -0.0717. The van der Waals surface area contributed by atoms with Crippen molar-refractivity contribution in [3.05, 3.63) is 17.0 Å². The lowest BCUT2D eigenvalue weighted by Crippen LogP contribution is -2.16. The summed E-state index contributed by atoms with van der Waals surface area (Å²) >= 11 is 0. The van der Waals surface area contributed by atoms with Gasteiger partial charge in [-0.05, 0) is 51.0 Å². The van der Waals surface area contributed by atoms with E-state index in [1.54, 1.807) is 0 Å². The van der Waals surface area contributed by atoms with Gasteiger partial charge in [-0.2, -0.15) is 5.10 Å². The second kappa shape index (κ2) is 5.21. The van der Waals surface area contributed by atoms with E-state index in [4.69, 9.17) is 0 Å². The SMILES string of the molecule is CCc1c(C)nn(CCC2CCCC2O)c1C. The van der Waals surface area contributed by atoms with E-state index in [2.05, 4.69) is 30.6 Å². The zero-order valence-corrected chi connectivity index (χ0v) is 11.2. The Labute approximate surface area is 104 Å². The Morgan fingerprint density at radius 1 is 1.35 bits per heavy atom. The van der Waals surface area contributed by atoms with Crippen molar-refractivity contribution >= 4 is 0 Å². The average Bonchev–Trinajstić information content (AvgIpc) is 2.81. The number of hydrogen-bond acceptors (Lipinski definition) is 2. The van der Waals surface area contributed by atoms with Crippen LogP contribution in [0.25, 0.3) is 0 Å². The number of aromatic nitrogens is 2. The number of aliphatic hydroxyl groups is 1. The Hall–Kier alpha value is -0.830. The molecule has 0 saturated heterocycles. The molecule has 1 aliphatic rings. The van der Waals surface area contributed by atoms with E-state index in [-0.39, 0.29) is 6.10 Å². The van der Waals surface area contributed by atoms with Gasteiger partial charge in [0.1, 0.15) is 0 Å². The van der Waals surface area contributed by atoms with Crippen LogP contribution in [-0.4, -0.2) is 21.0 Å². The van der Waals surface area contributed by atoms with Gasteiger partial charge in [-0.15, -0.1) is 0 Å². The van der Waals surface area contributed by atoms with Gasteiger partial charge in [-0.1, -0.05) is 13.3 Å². The molecule has 17 heavy (non-hydrogen) atoms. The second-order valence-corrected chi connectivity index (χ2v) is 5.27. The molecule has 0 radical (unpaired) electrons. The molecule has 96 valence electrons. The van der Waals surface area contributed by atoms with E-state index in [0.717, 1.165) is 31.5 Å². The maximum Gasteiger partial charge on any atom is 0.0628 e. The maximum absolute atomic E-state index is 9.81. The molecule has 0 spiro atoms. The van der Waals surface area contributed by atoms with Gasteiger partial charge in [0.25, 0.3) is 0 Å². The highest BCUT2D eigenvalue weighted by molar-refractivity contribution is 5.24. The molecule has 2 unspecified atom stereocenters. The Bertz CT molecular complexity index is 384. The fourth-order valence-corrected chi connectivity index (χ4v) is 3.11. The zero-order chi connectivity index (χ0) is 12.4. The molecule has 1 aliphatic carbocycles. The van der Waals surface area contributed by atoms with Crippen LogP contribution < -0.4 is 0 Å². The molecule has 3 nitrogen and oxygen atoms in total. The summed E-state index contributed by atoms with van der Waals surface area (Å²) in [6.07, 6.45) is 5.40. The van der Waals surface area contributed by atoms with Crippen molar-refractivity contribution < 1.29 is 5.11 Å². The largest absolute Gasteiger partial charge is 0.393 e. The zero-order valence-electron chi connectivity index (χ0n) is 11.2. The van der Waals surface area contributed by atoms with Gasteiger partial charge in [0.15, 0.2) is 0 Å². The van der Waals surface area contributed by atoms with Crippen molar-refractivity contribution in [2.24, 2.45) is 5.92 Å². The first-order valence-corrected chi connectivity index (χ1v) is 6.84. The average molecular weight is 236 g/mol. The minimum absolute atomic E-state index is 0.0717. The Morgan fingerprint density at radius 3 is 2.65 bits per heavy atom. The monoisotopic (exact) mass is 236 g/mol. The van der Waals surface area contributed by atoms with Crippen LogP contribution in [0.5, 0.6) is 0 Å². The van der Waals surface area contributed by atoms with Crippen molar-refractivity contribution in [1.82, 2.24) is 9.78 Å². The maximum atomic E-state index is 9.81. The molecule has 0 aromatic carbocycles. The van der Waals surface area contributed by atoms with E-state index in [9.17, 15) is 5.11 Å². The van der Waals surface area contributed by atoms with Crippen molar-refractivity contribution in [3.8, 4) is 0 Å². The van der Waals surface area contributed by atoms with Crippen molar-refractivity contribution in [3.63, 3.8) is 0 Å². The number of rotatable bonds is 4. The quantitative estimate of drug-likeness (QED) is 0.872. The van der Waals surface area contributed by atoms with Crippen LogP contribution >= 0.6 is 0 Å². The van der Waals surface area contributed by atoms with E-state index in [1.807, 2.05) is 0 Å². The van der Waals surface area contributed by atoms with Gasteiger partial charge in [-0.3, -0.25) is 4.68 Å². The van der Waals surface area contributed by atoms with Gasteiger partial charge in [0.2, 0.25) is 0 Å². The van der Waals surface area contributed by atoms with E-state index >= 15 is 0 Å². The van der Waals surface area contributed by atoms with Crippen molar-refractivity contribution in [2.45, 2.75) is 65.5 Å². The molecule has 1 fully saturated rings. The van der Waals surface area contributed by atoms with Gasteiger partial charge in [0, 0.05) is 12.2 Å². The lowest BCUT2D eigenvalue weighted by molar-refractivity contribution is 0.124. The van der Waals surface area contributed by atoms with E-state index < -0.39 is 0 Å². The summed E-state index contributed by atoms with van der Waals surface area (Å²) in [6, 6.07) is 0. The van der Waals surface area contributed by atoms with Crippen LogP contribution in [0, 0.1) is 19.8 Å². The van der Waals surface area contributed by atoms with Crippen LogP contribution in [-0.2, 0) is 13.0 Å². The fourth-order valence-electron chi connectivity index (χ4n) is 3.11. The summed E-state index contributed by atoms with van der Waals surface area (Å²) in [6.45, 7) is 7.38. The summed E-state index contributed by atoms with van der Waals surface area (Å²) < 4.78 is 2.12. The highest BCUT2D eigenvalue weighted by Gasteiger charge is 2.25. The molecule has 0 aliphatic heterocycles. The molecule has 2 atom stereocenters. The molecule has 1 N–H and O–H groups in total. The summed E-state index contributed by atoms with van der Waals surface area (Å²) in [5, 5.41) is 14.4. The summed E-state index contributed by atoms with van der Waals surface area (Å²) in [4.78, 5) is 0. The van der Waals surface area contributed by atoms with Crippen LogP contribution in [0.2, 0.25) is 0 Å². The summed E-state index contributed by atoms with van der Waals surface area (Å²) in [7, 11) is 0. The lowest BCUT2D eigenvalue weighted by Gasteiger charge is -2.14. The lowest BCUT2D eigenvalue weighted by atomic mass is 10.0. The smallest absolute Gasteiger partial charge is 0.0628 e. The van der Waals surface area contributed by atoms with Crippen molar-refractivity contribution in [1.29, 1.82) is 0 Å².